The Kier molecular flexibility index (Phi) is 9.10. The summed E-state index contributed by atoms with van der Waals surface area (Å²) in [5.74, 6) is -2.72. The third-order valence-electron chi connectivity index (χ3n) is 5.53. The Bertz CT molecular complexity index is 1240. The molecule has 0 radical (unpaired) electrons. The van der Waals surface area contributed by atoms with E-state index in [0.717, 1.165) is 48.4 Å². The molecule has 1 aliphatic heterocycles. The molecule has 0 spiro atoms. The molecular weight excluding hydrogens is 533 g/mol. The highest BCUT2D eigenvalue weighted by atomic mass is 32.2. The molecule has 0 saturated carbocycles. The van der Waals surface area contributed by atoms with Gasteiger partial charge in [0.15, 0.2) is 5.75 Å². The van der Waals surface area contributed by atoms with E-state index in [9.17, 15) is 26.4 Å². The van der Waals surface area contributed by atoms with Crippen LogP contribution in [0.1, 0.15) is 62.3 Å². The average molecular weight is 563 g/mol. The van der Waals surface area contributed by atoms with E-state index in [2.05, 4.69) is 25.3 Å². The highest BCUT2D eigenvalue weighted by Crippen LogP contribution is 2.40. The van der Waals surface area contributed by atoms with Gasteiger partial charge in [-0.15, -0.1) is 20.4 Å². The number of rotatable bonds is 10. The first-order valence-electron chi connectivity index (χ1n) is 11.8. The van der Waals surface area contributed by atoms with Crippen LogP contribution in [0.25, 0.3) is 0 Å². The number of hydrogen-bond donors (Lipinski definition) is 1. The lowest BCUT2D eigenvalue weighted by atomic mass is 9.97. The van der Waals surface area contributed by atoms with Gasteiger partial charge in [-0.05, 0) is 57.2 Å². The lowest BCUT2D eigenvalue weighted by molar-refractivity contribution is -0.106. The zero-order valence-corrected chi connectivity index (χ0v) is 22.5. The van der Waals surface area contributed by atoms with Crippen molar-refractivity contribution in [3.05, 3.63) is 22.7 Å². The van der Waals surface area contributed by atoms with E-state index >= 15 is 0 Å². The van der Waals surface area contributed by atoms with Crippen LogP contribution in [-0.2, 0) is 21.2 Å². The minimum atomic E-state index is -4.92. The summed E-state index contributed by atoms with van der Waals surface area (Å²) < 4.78 is 70.4. The topological polar surface area (TPSA) is 126 Å². The summed E-state index contributed by atoms with van der Waals surface area (Å²) in [5, 5.41) is 15.5. The van der Waals surface area contributed by atoms with Crippen LogP contribution in [0.15, 0.2) is 22.4 Å². The maximum Gasteiger partial charge on any atom is 0.404 e. The molecule has 37 heavy (non-hydrogen) atoms. The Morgan fingerprint density at radius 1 is 1.22 bits per heavy atom. The van der Waals surface area contributed by atoms with Crippen LogP contribution in [0.2, 0.25) is 0 Å². The zero-order chi connectivity index (χ0) is 27.4. The highest BCUT2D eigenvalue weighted by Gasteiger charge is 2.36. The Labute approximate surface area is 217 Å². The normalized spacial score (nSPS) is 14.5. The summed E-state index contributed by atoms with van der Waals surface area (Å²) in [6, 6.07) is 3.32. The van der Waals surface area contributed by atoms with Gasteiger partial charge in [-0.1, -0.05) is 25.2 Å². The molecular formula is C22H29F3N6O4S2. The zero-order valence-electron chi connectivity index (χ0n) is 20.9. The number of aromatic nitrogens is 2. The predicted octanol–water partition coefficient (Wildman–Crippen LogP) is 5.76. The van der Waals surface area contributed by atoms with Crippen molar-refractivity contribution < 1.29 is 31.1 Å². The predicted molar refractivity (Wildman–Crippen MR) is 135 cm³/mol. The van der Waals surface area contributed by atoms with E-state index in [0.29, 0.717) is 6.42 Å². The largest absolute Gasteiger partial charge is 0.458 e. The van der Waals surface area contributed by atoms with Gasteiger partial charge in [-0.25, -0.2) is 13.2 Å². The third kappa shape index (κ3) is 7.84. The molecule has 0 atom stereocenters. The number of halogens is 3. The van der Waals surface area contributed by atoms with E-state index in [1.54, 1.807) is 19.9 Å². The summed E-state index contributed by atoms with van der Waals surface area (Å²) in [7, 11) is -4.77. The SMILES string of the molecule is CCC(CC)N1CCCc2cc(N=Nc3nnc(C(=O)OC(C)C)s3)c(NS(=O)(=O)CC(F)(F)F)cc21. The maximum absolute atomic E-state index is 12.9. The maximum atomic E-state index is 12.9. The van der Waals surface area contributed by atoms with E-state index in [-0.39, 0.29) is 33.7 Å². The van der Waals surface area contributed by atoms with Gasteiger partial charge in [-0.3, -0.25) is 4.72 Å². The molecule has 0 bridgehead atoms. The first kappa shape index (κ1) is 28.8. The van der Waals surface area contributed by atoms with Gasteiger partial charge in [0.05, 0.1) is 11.8 Å². The molecule has 204 valence electrons. The number of anilines is 2. The Morgan fingerprint density at radius 3 is 2.54 bits per heavy atom. The van der Waals surface area contributed by atoms with Crippen molar-refractivity contribution in [3.8, 4) is 0 Å². The first-order chi connectivity index (χ1) is 17.3. The highest BCUT2D eigenvalue weighted by molar-refractivity contribution is 7.92. The minimum Gasteiger partial charge on any atom is -0.458 e. The fourth-order valence-corrected chi connectivity index (χ4v) is 5.59. The molecule has 0 unspecified atom stereocenters. The fourth-order valence-electron chi connectivity index (χ4n) is 4.04. The lowest BCUT2D eigenvalue weighted by Gasteiger charge is -2.38. The molecule has 1 aromatic carbocycles. The van der Waals surface area contributed by atoms with Crippen LogP contribution in [0.5, 0.6) is 0 Å². The number of nitrogens with zero attached hydrogens (tertiary/aromatic N) is 5. The van der Waals surface area contributed by atoms with Crippen molar-refractivity contribution in [1.29, 1.82) is 0 Å². The number of alkyl halides is 3. The van der Waals surface area contributed by atoms with Gasteiger partial charge in [0.25, 0.3) is 5.13 Å². The van der Waals surface area contributed by atoms with Gasteiger partial charge >= 0.3 is 12.1 Å². The van der Waals surface area contributed by atoms with Crippen LogP contribution in [-0.4, -0.2) is 55.2 Å². The summed E-state index contributed by atoms with van der Waals surface area (Å²) >= 11 is 0.815. The van der Waals surface area contributed by atoms with E-state index in [1.807, 2.05) is 18.6 Å². The van der Waals surface area contributed by atoms with Crippen LogP contribution in [0, 0.1) is 0 Å². The lowest BCUT2D eigenvalue weighted by Crippen LogP contribution is -2.38. The Balaban J connectivity index is 2.01. The number of nitrogens with one attached hydrogen (secondary N) is 1. The van der Waals surface area contributed by atoms with Crippen LogP contribution in [0.3, 0.4) is 0 Å². The van der Waals surface area contributed by atoms with Gasteiger partial charge in [0, 0.05) is 18.3 Å². The van der Waals surface area contributed by atoms with E-state index in [4.69, 9.17) is 4.74 Å². The number of aryl methyl sites for hydroxylation is 1. The van der Waals surface area contributed by atoms with Crippen molar-refractivity contribution in [3.63, 3.8) is 0 Å². The number of fused-ring (bicyclic) bond motifs is 1. The second-order valence-electron chi connectivity index (χ2n) is 8.79. The fraction of sp³-hybridized carbons (Fsp3) is 0.591. The second-order valence-corrected chi connectivity index (χ2v) is 11.5. The molecule has 1 N–H and O–H groups in total. The molecule has 3 rings (SSSR count). The minimum absolute atomic E-state index is 0.00354. The standard InChI is InChI=1S/C22H29F3N6O4S2/c1-5-15(6-2)31-9-7-8-14-10-16(17(11-18(14)31)30-37(33,34)12-22(23,24)25)26-28-21-29-27-19(36-21)20(32)35-13(3)4/h10-11,13,15,30H,5-9,12H2,1-4H3. The Morgan fingerprint density at radius 2 is 1.92 bits per heavy atom. The molecule has 2 aromatic rings. The molecule has 0 aliphatic carbocycles. The number of ether oxygens (including phenoxy) is 1. The van der Waals surface area contributed by atoms with Crippen molar-refractivity contribution >= 4 is 49.5 Å². The molecule has 1 aromatic heterocycles. The van der Waals surface area contributed by atoms with Gasteiger partial charge in [-0.2, -0.15) is 13.2 Å². The Hall–Kier alpha value is -2.81. The van der Waals surface area contributed by atoms with Gasteiger partial charge in [0.2, 0.25) is 15.0 Å². The van der Waals surface area contributed by atoms with E-state index in [1.165, 1.54) is 6.07 Å². The van der Waals surface area contributed by atoms with Crippen molar-refractivity contribution in [2.75, 3.05) is 21.9 Å². The molecule has 0 amide bonds. The molecule has 2 heterocycles. The monoisotopic (exact) mass is 562 g/mol. The van der Waals surface area contributed by atoms with Crippen LogP contribution >= 0.6 is 11.3 Å². The number of sulfonamides is 1. The van der Waals surface area contributed by atoms with E-state index < -0.39 is 27.9 Å². The van der Waals surface area contributed by atoms with Crippen molar-refractivity contribution in [2.24, 2.45) is 10.2 Å². The number of carbonyl (C=O) groups excluding carboxylic acids is 1. The molecule has 0 fully saturated rings. The third-order valence-corrected chi connectivity index (χ3v) is 7.55. The molecule has 15 heteroatoms. The quantitative estimate of drug-likeness (QED) is 0.288. The number of benzene rings is 1. The summed E-state index contributed by atoms with van der Waals surface area (Å²) in [5.41, 5.74) is 1.52. The number of esters is 1. The number of hydrogen-bond acceptors (Lipinski definition) is 10. The average Bonchev–Trinajstić information content (AvgIpc) is 3.25. The van der Waals surface area contributed by atoms with Crippen LogP contribution < -0.4 is 9.62 Å². The molecule has 10 nitrogen and oxygen atoms in total. The number of azo groups is 1. The van der Waals surface area contributed by atoms with Crippen molar-refractivity contribution in [1.82, 2.24) is 10.2 Å². The number of carbonyl (C=O) groups is 1. The molecule has 1 aliphatic rings. The van der Waals surface area contributed by atoms with Gasteiger partial charge < -0.3 is 9.64 Å². The van der Waals surface area contributed by atoms with Crippen LogP contribution in [0.4, 0.5) is 35.4 Å². The van der Waals surface area contributed by atoms with Gasteiger partial charge in [0.1, 0.15) is 5.69 Å². The summed E-state index contributed by atoms with van der Waals surface area (Å²) in [6.45, 7) is 8.20. The summed E-state index contributed by atoms with van der Waals surface area (Å²) in [4.78, 5) is 14.2. The second kappa shape index (κ2) is 11.7. The molecule has 0 saturated heterocycles. The van der Waals surface area contributed by atoms with Crippen molar-refractivity contribution in [2.45, 2.75) is 71.7 Å². The first-order valence-corrected chi connectivity index (χ1v) is 14.3. The summed E-state index contributed by atoms with van der Waals surface area (Å²) in [6.07, 6.45) is -2.03. The smallest absolute Gasteiger partial charge is 0.404 e.